The summed E-state index contributed by atoms with van der Waals surface area (Å²) in [5.41, 5.74) is 0. The van der Waals surface area contributed by atoms with E-state index >= 15 is 0 Å². The summed E-state index contributed by atoms with van der Waals surface area (Å²) in [5.74, 6) is 1.25. The number of aliphatic hydroxyl groups is 1. The largest absolute Gasteiger partial charge is 0.465 e. The Morgan fingerprint density at radius 1 is 1.44 bits per heavy atom. The Morgan fingerprint density at radius 3 is 2.69 bits per heavy atom. The van der Waals surface area contributed by atoms with Crippen molar-refractivity contribution in [3.63, 3.8) is 0 Å². The smallest absolute Gasteiger partial charge is 0.146 e. The van der Waals surface area contributed by atoms with Crippen LogP contribution in [0.4, 0.5) is 0 Å². The van der Waals surface area contributed by atoms with Crippen LogP contribution in [0, 0.1) is 5.92 Å². The van der Waals surface area contributed by atoms with Crippen LogP contribution < -0.4 is 0 Å². The molecule has 2 unspecified atom stereocenters. The molecule has 2 nitrogen and oxygen atoms in total. The van der Waals surface area contributed by atoms with Gasteiger partial charge in [-0.25, -0.2) is 0 Å². The highest BCUT2D eigenvalue weighted by molar-refractivity contribution is 9.10. The molecule has 1 N–H and O–H groups in total. The zero-order valence-electron chi connectivity index (χ0n) is 10.1. The zero-order chi connectivity index (χ0) is 12.0. The van der Waals surface area contributed by atoms with Crippen LogP contribution in [-0.2, 0) is 0 Å². The fraction of sp³-hybridized carbons (Fsp3) is 0.692. The third-order valence-electron chi connectivity index (χ3n) is 3.05. The maximum atomic E-state index is 10.1. The van der Waals surface area contributed by atoms with Gasteiger partial charge in [-0.05, 0) is 34.3 Å². The van der Waals surface area contributed by atoms with E-state index < -0.39 is 6.10 Å². The summed E-state index contributed by atoms with van der Waals surface area (Å²) in [7, 11) is 0. The van der Waals surface area contributed by atoms with Gasteiger partial charge in [-0.1, -0.05) is 39.5 Å². The maximum absolute atomic E-state index is 10.1. The SMILES string of the molecule is CCCCC(CC)CC(O)c1occc1Br. The van der Waals surface area contributed by atoms with Crippen LogP contribution in [0.1, 0.15) is 57.8 Å². The number of aliphatic hydroxyl groups excluding tert-OH is 1. The van der Waals surface area contributed by atoms with E-state index in [1.165, 1.54) is 19.3 Å². The van der Waals surface area contributed by atoms with Gasteiger partial charge in [0, 0.05) is 0 Å². The molecule has 1 heterocycles. The van der Waals surface area contributed by atoms with E-state index in [-0.39, 0.29) is 0 Å². The van der Waals surface area contributed by atoms with Crippen molar-refractivity contribution >= 4 is 15.9 Å². The zero-order valence-corrected chi connectivity index (χ0v) is 11.7. The van der Waals surface area contributed by atoms with Gasteiger partial charge in [0.25, 0.3) is 0 Å². The van der Waals surface area contributed by atoms with Crippen molar-refractivity contribution in [3.8, 4) is 0 Å². The van der Waals surface area contributed by atoms with Crippen LogP contribution in [-0.4, -0.2) is 5.11 Å². The van der Waals surface area contributed by atoms with Crippen molar-refractivity contribution in [3.05, 3.63) is 22.6 Å². The molecule has 0 aliphatic heterocycles. The van der Waals surface area contributed by atoms with Crippen LogP contribution in [0.25, 0.3) is 0 Å². The molecule has 0 amide bonds. The summed E-state index contributed by atoms with van der Waals surface area (Å²) in [6, 6.07) is 1.82. The van der Waals surface area contributed by atoms with Gasteiger partial charge in [-0.2, -0.15) is 0 Å². The lowest BCUT2D eigenvalue weighted by Crippen LogP contribution is -2.06. The van der Waals surface area contributed by atoms with E-state index in [4.69, 9.17) is 4.42 Å². The lowest BCUT2D eigenvalue weighted by molar-refractivity contribution is 0.115. The van der Waals surface area contributed by atoms with Gasteiger partial charge in [-0.15, -0.1) is 0 Å². The van der Waals surface area contributed by atoms with Crippen LogP contribution in [0.5, 0.6) is 0 Å². The molecule has 0 bridgehead atoms. The monoisotopic (exact) mass is 288 g/mol. The van der Waals surface area contributed by atoms with E-state index in [1.54, 1.807) is 6.26 Å². The molecule has 1 rings (SSSR count). The fourth-order valence-corrected chi connectivity index (χ4v) is 2.41. The summed E-state index contributed by atoms with van der Waals surface area (Å²) < 4.78 is 6.15. The predicted molar refractivity (Wildman–Crippen MR) is 69.3 cm³/mol. The Balaban J connectivity index is 2.48. The molecule has 1 aromatic rings. The van der Waals surface area contributed by atoms with E-state index in [1.807, 2.05) is 6.07 Å². The molecule has 0 radical (unpaired) electrons. The molecular weight excluding hydrogens is 268 g/mol. The van der Waals surface area contributed by atoms with Gasteiger partial charge in [0.1, 0.15) is 11.9 Å². The molecule has 0 aliphatic rings. The molecular formula is C13H21BrO2. The first kappa shape index (κ1) is 13.8. The highest BCUT2D eigenvalue weighted by Gasteiger charge is 2.19. The Labute approximate surface area is 106 Å². The van der Waals surface area contributed by atoms with Crippen molar-refractivity contribution in [2.45, 2.75) is 52.1 Å². The molecule has 1 aromatic heterocycles. The number of rotatable bonds is 7. The first-order valence-electron chi connectivity index (χ1n) is 6.09. The van der Waals surface area contributed by atoms with E-state index in [2.05, 4.69) is 29.8 Å². The number of hydrogen-bond acceptors (Lipinski definition) is 2. The third kappa shape index (κ3) is 3.95. The van der Waals surface area contributed by atoms with Crippen molar-refractivity contribution in [2.75, 3.05) is 0 Å². The highest BCUT2D eigenvalue weighted by Crippen LogP contribution is 2.31. The summed E-state index contributed by atoms with van der Waals surface area (Å²) >= 11 is 3.38. The van der Waals surface area contributed by atoms with Crippen molar-refractivity contribution in [1.82, 2.24) is 0 Å². The lowest BCUT2D eigenvalue weighted by Gasteiger charge is -2.17. The first-order chi connectivity index (χ1) is 7.69. The molecule has 0 saturated carbocycles. The fourth-order valence-electron chi connectivity index (χ4n) is 1.95. The summed E-state index contributed by atoms with van der Waals surface area (Å²) in [4.78, 5) is 0. The van der Waals surface area contributed by atoms with Gasteiger partial charge >= 0.3 is 0 Å². The molecule has 16 heavy (non-hydrogen) atoms. The molecule has 0 spiro atoms. The molecule has 0 fully saturated rings. The Morgan fingerprint density at radius 2 is 2.19 bits per heavy atom. The third-order valence-corrected chi connectivity index (χ3v) is 3.70. The predicted octanol–water partition coefficient (Wildman–Crippen LogP) is 4.68. The normalized spacial score (nSPS) is 15.0. The minimum absolute atomic E-state index is 0.480. The van der Waals surface area contributed by atoms with E-state index in [0.717, 1.165) is 17.3 Å². The van der Waals surface area contributed by atoms with Crippen molar-refractivity contribution in [2.24, 2.45) is 5.92 Å². The Hall–Kier alpha value is -0.280. The highest BCUT2D eigenvalue weighted by atomic mass is 79.9. The molecule has 3 heteroatoms. The Bertz CT molecular complexity index is 296. The number of halogens is 1. The molecule has 0 saturated heterocycles. The molecule has 92 valence electrons. The van der Waals surface area contributed by atoms with Crippen LogP contribution in [0.2, 0.25) is 0 Å². The molecule has 0 aliphatic carbocycles. The minimum atomic E-state index is -0.480. The summed E-state index contributed by atoms with van der Waals surface area (Å²) in [5, 5.41) is 10.1. The first-order valence-corrected chi connectivity index (χ1v) is 6.89. The van der Waals surface area contributed by atoms with Gasteiger partial charge in [-0.3, -0.25) is 0 Å². The second kappa shape index (κ2) is 7.13. The topological polar surface area (TPSA) is 33.4 Å². The van der Waals surface area contributed by atoms with Gasteiger partial charge in [0.15, 0.2) is 0 Å². The van der Waals surface area contributed by atoms with E-state index in [0.29, 0.717) is 11.7 Å². The minimum Gasteiger partial charge on any atom is -0.465 e. The average molecular weight is 289 g/mol. The Kier molecular flexibility index (Phi) is 6.14. The van der Waals surface area contributed by atoms with Crippen LogP contribution >= 0.6 is 15.9 Å². The quantitative estimate of drug-likeness (QED) is 0.790. The second-order valence-electron chi connectivity index (χ2n) is 4.30. The van der Waals surface area contributed by atoms with Gasteiger partial charge in [0.2, 0.25) is 0 Å². The number of furan rings is 1. The lowest BCUT2D eigenvalue weighted by atomic mass is 9.92. The average Bonchev–Trinajstić information content (AvgIpc) is 2.70. The summed E-state index contributed by atoms with van der Waals surface area (Å²) in [6.07, 6.45) is 6.70. The number of hydrogen-bond donors (Lipinski definition) is 1. The van der Waals surface area contributed by atoms with Gasteiger partial charge < -0.3 is 9.52 Å². The second-order valence-corrected chi connectivity index (χ2v) is 5.16. The van der Waals surface area contributed by atoms with E-state index in [9.17, 15) is 5.11 Å². The van der Waals surface area contributed by atoms with Crippen LogP contribution in [0.15, 0.2) is 21.2 Å². The molecule has 2 atom stereocenters. The molecule has 0 aromatic carbocycles. The van der Waals surface area contributed by atoms with Crippen molar-refractivity contribution < 1.29 is 9.52 Å². The van der Waals surface area contributed by atoms with Gasteiger partial charge in [0.05, 0.1) is 10.7 Å². The maximum Gasteiger partial charge on any atom is 0.146 e. The standard InChI is InChI=1S/C13H21BrO2/c1-3-5-6-10(4-2)9-12(15)13-11(14)7-8-16-13/h7-8,10,12,15H,3-6,9H2,1-2H3. The number of unbranched alkanes of at least 4 members (excludes halogenated alkanes) is 1. The summed E-state index contributed by atoms with van der Waals surface area (Å²) in [6.45, 7) is 4.39. The van der Waals surface area contributed by atoms with Crippen molar-refractivity contribution in [1.29, 1.82) is 0 Å². The van der Waals surface area contributed by atoms with Crippen LogP contribution in [0.3, 0.4) is 0 Å².